The third kappa shape index (κ3) is 2.50. The molecule has 2 heterocycles. The van der Waals surface area contributed by atoms with Crippen molar-refractivity contribution in [3.05, 3.63) is 76.8 Å². The van der Waals surface area contributed by atoms with Gasteiger partial charge in [0.05, 0.1) is 5.56 Å². The summed E-state index contributed by atoms with van der Waals surface area (Å²) in [6.45, 7) is 2.81. The van der Waals surface area contributed by atoms with Crippen LogP contribution in [0.4, 0.5) is 0 Å². The molecule has 4 rings (SSSR count). The van der Waals surface area contributed by atoms with E-state index >= 15 is 0 Å². The Balaban J connectivity index is 1.75. The summed E-state index contributed by atoms with van der Waals surface area (Å²) in [5.74, 6) is -0.893. The van der Waals surface area contributed by atoms with Crippen LogP contribution in [-0.2, 0) is 19.4 Å². The number of nitrogens with zero attached hydrogens (tertiary/aromatic N) is 2. The number of carboxylic acids is 1. The van der Waals surface area contributed by atoms with Gasteiger partial charge in [0, 0.05) is 41.5 Å². The van der Waals surface area contributed by atoms with Crippen LogP contribution >= 0.6 is 0 Å². The van der Waals surface area contributed by atoms with E-state index in [-0.39, 0.29) is 0 Å². The molecule has 1 N–H and O–H groups in total. The van der Waals surface area contributed by atoms with E-state index in [9.17, 15) is 4.79 Å². The van der Waals surface area contributed by atoms with Crippen LogP contribution in [0.15, 0.2) is 48.7 Å². The molecule has 0 bridgehead atoms. The maximum Gasteiger partial charge on any atom is 0.335 e. The predicted molar refractivity (Wildman–Crippen MR) is 93.5 cm³/mol. The molecule has 0 spiro atoms. The fraction of sp³-hybridized carbons (Fsp3) is 0.200. The van der Waals surface area contributed by atoms with Gasteiger partial charge in [-0.25, -0.2) is 4.79 Å². The molecule has 0 fully saturated rings. The van der Waals surface area contributed by atoms with Crippen LogP contribution < -0.4 is 0 Å². The molecule has 4 heteroatoms. The molecule has 1 aromatic carbocycles. The fourth-order valence-electron chi connectivity index (χ4n) is 3.45. The van der Waals surface area contributed by atoms with Gasteiger partial charge in [0.25, 0.3) is 0 Å². The molecule has 0 atom stereocenters. The zero-order valence-corrected chi connectivity index (χ0v) is 13.5. The van der Waals surface area contributed by atoms with Crippen molar-refractivity contribution in [3.8, 4) is 0 Å². The summed E-state index contributed by atoms with van der Waals surface area (Å²) in [6.07, 6.45) is 8.24. The summed E-state index contributed by atoms with van der Waals surface area (Å²) in [6, 6.07) is 9.41. The molecule has 0 radical (unpaired) electrons. The number of aryl methyl sites for hydroxylation is 1. The van der Waals surface area contributed by atoms with Crippen molar-refractivity contribution < 1.29 is 9.90 Å². The number of pyridine rings is 1. The zero-order chi connectivity index (χ0) is 16.7. The van der Waals surface area contributed by atoms with E-state index in [4.69, 9.17) is 5.11 Å². The lowest BCUT2D eigenvalue weighted by Crippen LogP contribution is -2.09. The summed E-state index contributed by atoms with van der Waals surface area (Å²) in [7, 11) is 0. The highest BCUT2D eigenvalue weighted by Crippen LogP contribution is 2.24. The quantitative estimate of drug-likeness (QED) is 0.748. The van der Waals surface area contributed by atoms with E-state index in [0.29, 0.717) is 5.56 Å². The molecule has 24 heavy (non-hydrogen) atoms. The largest absolute Gasteiger partial charge is 0.478 e. The first-order valence-electron chi connectivity index (χ1n) is 8.07. The van der Waals surface area contributed by atoms with Crippen LogP contribution in [0.25, 0.3) is 10.9 Å². The molecule has 0 aliphatic heterocycles. The van der Waals surface area contributed by atoms with Gasteiger partial charge in [0.15, 0.2) is 0 Å². The van der Waals surface area contributed by atoms with Crippen molar-refractivity contribution in [2.24, 2.45) is 0 Å². The third-order valence-corrected chi connectivity index (χ3v) is 4.59. The van der Waals surface area contributed by atoms with E-state index in [1.807, 2.05) is 25.3 Å². The van der Waals surface area contributed by atoms with Gasteiger partial charge in [-0.1, -0.05) is 12.2 Å². The van der Waals surface area contributed by atoms with E-state index in [1.54, 1.807) is 12.1 Å². The number of carbonyl (C=O) groups is 1. The Morgan fingerprint density at radius 1 is 1.21 bits per heavy atom. The van der Waals surface area contributed by atoms with Crippen LogP contribution in [-0.4, -0.2) is 20.6 Å². The predicted octanol–water partition coefficient (Wildman–Crippen LogP) is 3.75. The van der Waals surface area contributed by atoms with Gasteiger partial charge in [-0.05, 0) is 54.8 Å². The first kappa shape index (κ1) is 14.7. The molecule has 120 valence electrons. The molecule has 0 saturated carbocycles. The van der Waals surface area contributed by atoms with Crippen LogP contribution in [0.5, 0.6) is 0 Å². The molecule has 1 aliphatic rings. The number of rotatable bonds is 3. The summed E-state index contributed by atoms with van der Waals surface area (Å²) in [5, 5.41) is 10.1. The Bertz CT molecular complexity index is 983. The zero-order valence-electron chi connectivity index (χ0n) is 13.5. The normalized spacial score (nSPS) is 13.2. The van der Waals surface area contributed by atoms with E-state index < -0.39 is 5.97 Å². The second-order valence-electron chi connectivity index (χ2n) is 6.25. The smallest absolute Gasteiger partial charge is 0.335 e. The number of aromatic carboxylic acids is 1. The summed E-state index contributed by atoms with van der Waals surface area (Å²) in [4.78, 5) is 15.8. The molecule has 0 unspecified atom stereocenters. The van der Waals surface area contributed by atoms with Gasteiger partial charge in [-0.15, -0.1) is 0 Å². The number of aromatic nitrogens is 2. The van der Waals surface area contributed by atoms with E-state index in [2.05, 4.69) is 27.8 Å². The average Bonchev–Trinajstić information content (AvgIpc) is 2.97. The number of hydrogen-bond acceptors (Lipinski definition) is 2. The minimum absolute atomic E-state index is 0.322. The first-order valence-corrected chi connectivity index (χ1v) is 8.07. The standard InChI is InChI=1S/C20H18N2O2/c1-13-10-16(17-4-2-3-5-18(17)21-13)12-22-9-8-14-11-15(20(23)24)6-7-19(14)22/h2-3,6-11H,4-5,12H2,1H3,(H,23,24). The molecule has 1 aliphatic carbocycles. The number of hydrogen-bond donors (Lipinski definition) is 1. The number of allylic oxidation sites excluding steroid dienone is 2. The maximum atomic E-state index is 11.1. The molecule has 4 nitrogen and oxygen atoms in total. The molecular weight excluding hydrogens is 300 g/mol. The Labute approximate surface area is 140 Å². The molecule has 2 aromatic heterocycles. The monoisotopic (exact) mass is 318 g/mol. The highest BCUT2D eigenvalue weighted by atomic mass is 16.4. The van der Waals surface area contributed by atoms with Gasteiger partial charge in [-0.2, -0.15) is 0 Å². The highest BCUT2D eigenvalue weighted by Gasteiger charge is 2.14. The lowest BCUT2D eigenvalue weighted by molar-refractivity contribution is 0.0697. The van der Waals surface area contributed by atoms with Crippen LogP contribution in [0.1, 0.15) is 32.9 Å². The molecule has 3 aromatic rings. The molecule has 0 amide bonds. The van der Waals surface area contributed by atoms with Crippen LogP contribution in [0.2, 0.25) is 0 Å². The van der Waals surface area contributed by atoms with Crippen molar-refractivity contribution in [1.29, 1.82) is 0 Å². The average molecular weight is 318 g/mol. The summed E-state index contributed by atoms with van der Waals surface area (Å²) < 4.78 is 2.17. The molecule has 0 saturated heterocycles. The lowest BCUT2D eigenvalue weighted by atomic mass is 9.96. The number of benzene rings is 1. The number of carboxylic acid groups (broad SMARTS) is 1. The van der Waals surface area contributed by atoms with Crippen molar-refractivity contribution >= 4 is 16.9 Å². The minimum atomic E-state index is -0.893. The molecular formula is C20H18N2O2. The Morgan fingerprint density at radius 2 is 2.04 bits per heavy atom. The van der Waals surface area contributed by atoms with Crippen molar-refractivity contribution in [3.63, 3.8) is 0 Å². The van der Waals surface area contributed by atoms with Gasteiger partial charge in [0.2, 0.25) is 0 Å². The van der Waals surface area contributed by atoms with Gasteiger partial charge in [0.1, 0.15) is 0 Å². The first-order chi connectivity index (χ1) is 11.6. The third-order valence-electron chi connectivity index (χ3n) is 4.59. The fourth-order valence-corrected chi connectivity index (χ4v) is 3.45. The van der Waals surface area contributed by atoms with Gasteiger partial charge >= 0.3 is 5.97 Å². The van der Waals surface area contributed by atoms with Crippen molar-refractivity contribution in [2.45, 2.75) is 26.3 Å². The van der Waals surface area contributed by atoms with E-state index in [0.717, 1.165) is 36.0 Å². The Hall–Kier alpha value is -2.88. The van der Waals surface area contributed by atoms with Crippen LogP contribution in [0, 0.1) is 6.92 Å². The maximum absolute atomic E-state index is 11.1. The van der Waals surface area contributed by atoms with Crippen LogP contribution in [0.3, 0.4) is 0 Å². The van der Waals surface area contributed by atoms with Gasteiger partial charge < -0.3 is 9.67 Å². The Morgan fingerprint density at radius 3 is 2.88 bits per heavy atom. The second kappa shape index (κ2) is 5.64. The highest BCUT2D eigenvalue weighted by molar-refractivity contribution is 5.93. The topological polar surface area (TPSA) is 55.1 Å². The van der Waals surface area contributed by atoms with Crippen molar-refractivity contribution in [2.75, 3.05) is 0 Å². The minimum Gasteiger partial charge on any atom is -0.478 e. The second-order valence-corrected chi connectivity index (χ2v) is 6.25. The van der Waals surface area contributed by atoms with Gasteiger partial charge in [-0.3, -0.25) is 4.98 Å². The van der Waals surface area contributed by atoms with Crippen molar-refractivity contribution in [1.82, 2.24) is 9.55 Å². The Kier molecular flexibility index (Phi) is 3.45. The summed E-state index contributed by atoms with van der Waals surface area (Å²) in [5.41, 5.74) is 6.21. The SMILES string of the molecule is Cc1cc(Cn2ccc3cc(C(=O)O)ccc32)c2c(n1)CC=CC2. The summed E-state index contributed by atoms with van der Waals surface area (Å²) >= 11 is 0. The van der Waals surface area contributed by atoms with E-state index in [1.165, 1.54) is 16.8 Å². The lowest BCUT2D eigenvalue weighted by Gasteiger charge is -2.17. The number of fused-ring (bicyclic) bond motifs is 2.